The van der Waals surface area contributed by atoms with E-state index in [0.717, 1.165) is 13.0 Å². The molecule has 0 saturated carbocycles. The molecule has 0 bridgehead atoms. The van der Waals surface area contributed by atoms with Crippen LogP contribution in [-0.2, 0) is 6.42 Å². The lowest BCUT2D eigenvalue weighted by atomic mass is 9.87. The molecule has 0 amide bonds. The van der Waals surface area contributed by atoms with Crippen LogP contribution in [0.5, 0.6) is 0 Å². The summed E-state index contributed by atoms with van der Waals surface area (Å²) in [5, 5.41) is 10.8. The standard InChI is InChI=1S/C17H24N2O/c1-19(2)11-12(9-10-20)13-7-8-15-14-5-3-4-6-16(14)18-17(13)15/h3-6,12-13,18,20H,7-11H2,1-2H3. The third kappa shape index (κ3) is 2.36. The zero-order chi connectivity index (χ0) is 14.1. The molecular formula is C17H24N2O. The first kappa shape index (κ1) is 13.7. The fraction of sp³-hybridized carbons (Fsp3) is 0.529. The second-order valence-corrected chi connectivity index (χ2v) is 6.24. The van der Waals surface area contributed by atoms with Crippen molar-refractivity contribution < 1.29 is 5.11 Å². The summed E-state index contributed by atoms with van der Waals surface area (Å²) >= 11 is 0. The van der Waals surface area contributed by atoms with Gasteiger partial charge in [-0.25, -0.2) is 0 Å². The van der Waals surface area contributed by atoms with Crippen LogP contribution in [0.3, 0.4) is 0 Å². The molecule has 1 aromatic heterocycles. The molecule has 1 aliphatic carbocycles. The lowest BCUT2D eigenvalue weighted by molar-refractivity contribution is 0.208. The van der Waals surface area contributed by atoms with E-state index in [1.807, 2.05) is 0 Å². The van der Waals surface area contributed by atoms with Crippen molar-refractivity contribution in [1.29, 1.82) is 0 Å². The number of nitrogens with zero attached hydrogens (tertiary/aromatic N) is 1. The van der Waals surface area contributed by atoms with Gasteiger partial charge in [-0.3, -0.25) is 0 Å². The van der Waals surface area contributed by atoms with Crippen LogP contribution in [0.25, 0.3) is 10.9 Å². The van der Waals surface area contributed by atoms with Crippen LogP contribution < -0.4 is 0 Å². The first-order chi connectivity index (χ1) is 9.70. The highest BCUT2D eigenvalue weighted by molar-refractivity contribution is 5.85. The zero-order valence-corrected chi connectivity index (χ0v) is 12.4. The maximum Gasteiger partial charge on any atom is 0.0459 e. The Hall–Kier alpha value is -1.32. The van der Waals surface area contributed by atoms with E-state index >= 15 is 0 Å². The lowest BCUT2D eigenvalue weighted by Crippen LogP contribution is -2.26. The predicted molar refractivity (Wildman–Crippen MR) is 83.1 cm³/mol. The van der Waals surface area contributed by atoms with Crippen LogP contribution in [0, 0.1) is 5.92 Å². The molecule has 3 heteroatoms. The number of benzene rings is 1. The number of aliphatic hydroxyl groups is 1. The highest BCUT2D eigenvalue weighted by Gasteiger charge is 2.32. The van der Waals surface area contributed by atoms with E-state index < -0.39 is 0 Å². The summed E-state index contributed by atoms with van der Waals surface area (Å²) in [6, 6.07) is 8.60. The van der Waals surface area contributed by atoms with E-state index in [9.17, 15) is 5.11 Å². The molecule has 20 heavy (non-hydrogen) atoms. The predicted octanol–water partition coefficient (Wildman–Crippen LogP) is 2.76. The van der Waals surface area contributed by atoms with Crippen molar-refractivity contribution in [2.45, 2.75) is 25.2 Å². The summed E-state index contributed by atoms with van der Waals surface area (Å²) in [6.45, 7) is 1.32. The summed E-state index contributed by atoms with van der Waals surface area (Å²) in [7, 11) is 4.23. The van der Waals surface area contributed by atoms with Crippen molar-refractivity contribution >= 4 is 10.9 Å². The molecule has 3 rings (SSSR count). The third-order valence-corrected chi connectivity index (χ3v) is 4.59. The molecule has 108 valence electrons. The fourth-order valence-electron chi connectivity index (χ4n) is 3.78. The fourth-order valence-corrected chi connectivity index (χ4v) is 3.78. The van der Waals surface area contributed by atoms with Gasteiger partial charge in [0.1, 0.15) is 0 Å². The molecule has 2 N–H and O–H groups in total. The van der Waals surface area contributed by atoms with Crippen molar-refractivity contribution in [1.82, 2.24) is 9.88 Å². The minimum atomic E-state index is 0.282. The van der Waals surface area contributed by atoms with Gasteiger partial charge in [-0.2, -0.15) is 0 Å². The van der Waals surface area contributed by atoms with Gasteiger partial charge < -0.3 is 15.0 Å². The van der Waals surface area contributed by atoms with E-state index in [4.69, 9.17) is 0 Å². The quantitative estimate of drug-likeness (QED) is 0.878. The van der Waals surface area contributed by atoms with Gasteiger partial charge in [0.25, 0.3) is 0 Å². The maximum absolute atomic E-state index is 9.37. The maximum atomic E-state index is 9.37. The summed E-state index contributed by atoms with van der Waals surface area (Å²) < 4.78 is 0. The smallest absolute Gasteiger partial charge is 0.0459 e. The Morgan fingerprint density at radius 3 is 2.90 bits per heavy atom. The van der Waals surface area contributed by atoms with Crippen molar-refractivity contribution in [2.75, 3.05) is 27.2 Å². The van der Waals surface area contributed by atoms with Gasteiger partial charge in [-0.05, 0) is 50.9 Å². The number of aryl methyl sites for hydroxylation is 1. The van der Waals surface area contributed by atoms with Gasteiger partial charge in [0, 0.05) is 35.7 Å². The summed E-state index contributed by atoms with van der Waals surface area (Å²) in [6.07, 6.45) is 3.27. The Balaban J connectivity index is 1.94. The molecule has 3 nitrogen and oxygen atoms in total. The zero-order valence-electron chi connectivity index (χ0n) is 12.4. The van der Waals surface area contributed by atoms with Crippen molar-refractivity contribution in [3.8, 4) is 0 Å². The van der Waals surface area contributed by atoms with E-state index in [1.165, 1.54) is 35.0 Å². The molecular weight excluding hydrogens is 248 g/mol. The summed E-state index contributed by atoms with van der Waals surface area (Å²) in [4.78, 5) is 5.88. The largest absolute Gasteiger partial charge is 0.396 e. The highest BCUT2D eigenvalue weighted by Crippen LogP contribution is 2.42. The van der Waals surface area contributed by atoms with E-state index in [2.05, 4.69) is 48.2 Å². The van der Waals surface area contributed by atoms with Gasteiger partial charge in [0.05, 0.1) is 0 Å². The average molecular weight is 272 g/mol. The van der Waals surface area contributed by atoms with Gasteiger partial charge in [0.2, 0.25) is 0 Å². The van der Waals surface area contributed by atoms with Crippen molar-refractivity contribution in [2.24, 2.45) is 5.92 Å². The lowest BCUT2D eigenvalue weighted by Gasteiger charge is -2.26. The first-order valence-electron chi connectivity index (χ1n) is 7.55. The Morgan fingerprint density at radius 2 is 2.15 bits per heavy atom. The number of para-hydroxylation sites is 1. The van der Waals surface area contributed by atoms with Gasteiger partial charge in [-0.15, -0.1) is 0 Å². The number of aliphatic hydroxyl groups excluding tert-OH is 1. The van der Waals surface area contributed by atoms with Crippen LogP contribution in [0.15, 0.2) is 24.3 Å². The number of aromatic amines is 1. The highest BCUT2D eigenvalue weighted by atomic mass is 16.3. The van der Waals surface area contributed by atoms with Crippen molar-refractivity contribution in [3.05, 3.63) is 35.5 Å². The molecule has 2 aromatic rings. The number of nitrogens with one attached hydrogen (secondary N) is 1. The third-order valence-electron chi connectivity index (χ3n) is 4.59. The molecule has 0 aliphatic heterocycles. The SMILES string of the molecule is CN(C)CC(CCO)C1CCc2c1[nH]c1ccccc21. The number of fused-ring (bicyclic) bond motifs is 3. The van der Waals surface area contributed by atoms with Crippen LogP contribution in [0.1, 0.15) is 30.0 Å². The normalized spacial score (nSPS) is 19.7. The Kier molecular flexibility index (Phi) is 3.81. The minimum Gasteiger partial charge on any atom is -0.396 e. The Bertz CT molecular complexity index is 588. The van der Waals surface area contributed by atoms with Crippen LogP contribution in [0.2, 0.25) is 0 Å². The molecule has 0 spiro atoms. The van der Waals surface area contributed by atoms with Crippen LogP contribution >= 0.6 is 0 Å². The van der Waals surface area contributed by atoms with E-state index in [-0.39, 0.29) is 6.61 Å². The Morgan fingerprint density at radius 1 is 1.35 bits per heavy atom. The summed E-state index contributed by atoms with van der Waals surface area (Å²) in [5.74, 6) is 1.09. The molecule has 2 atom stereocenters. The molecule has 0 fully saturated rings. The van der Waals surface area contributed by atoms with Crippen LogP contribution in [0.4, 0.5) is 0 Å². The minimum absolute atomic E-state index is 0.282. The number of rotatable bonds is 5. The molecule has 0 radical (unpaired) electrons. The number of aromatic nitrogens is 1. The number of hydrogen-bond acceptors (Lipinski definition) is 2. The molecule has 1 heterocycles. The van der Waals surface area contributed by atoms with E-state index in [0.29, 0.717) is 11.8 Å². The number of H-pyrrole nitrogens is 1. The van der Waals surface area contributed by atoms with Gasteiger partial charge in [0.15, 0.2) is 0 Å². The van der Waals surface area contributed by atoms with Crippen molar-refractivity contribution in [3.63, 3.8) is 0 Å². The molecule has 0 saturated heterocycles. The van der Waals surface area contributed by atoms with Gasteiger partial charge >= 0.3 is 0 Å². The topological polar surface area (TPSA) is 39.3 Å². The second kappa shape index (κ2) is 5.58. The monoisotopic (exact) mass is 272 g/mol. The first-order valence-corrected chi connectivity index (χ1v) is 7.55. The molecule has 1 aliphatic rings. The molecule has 1 aromatic carbocycles. The van der Waals surface area contributed by atoms with Gasteiger partial charge in [-0.1, -0.05) is 18.2 Å². The van der Waals surface area contributed by atoms with Crippen LogP contribution in [-0.4, -0.2) is 42.2 Å². The second-order valence-electron chi connectivity index (χ2n) is 6.24. The Labute approximate surface area is 120 Å². The molecule has 2 unspecified atom stereocenters. The average Bonchev–Trinajstić information content (AvgIpc) is 2.96. The van der Waals surface area contributed by atoms with E-state index in [1.54, 1.807) is 0 Å². The number of hydrogen-bond donors (Lipinski definition) is 2. The summed E-state index contributed by atoms with van der Waals surface area (Å²) in [5.41, 5.74) is 4.19.